The number of para-hydroxylation sites is 1. The molecular weight excluding hydrogens is 366 g/mol. The third-order valence-electron chi connectivity index (χ3n) is 4.57. The fourth-order valence-electron chi connectivity index (χ4n) is 2.97. The van der Waals surface area contributed by atoms with Crippen LogP contribution in [0.5, 0.6) is 5.88 Å². The summed E-state index contributed by atoms with van der Waals surface area (Å²) in [5, 5.41) is 10.4. The van der Waals surface area contributed by atoms with Crippen molar-refractivity contribution in [2.45, 2.75) is 40.3 Å². The zero-order valence-corrected chi connectivity index (χ0v) is 17.1. The first-order valence-corrected chi connectivity index (χ1v) is 9.78. The number of carbonyl (C=O) groups is 1. The molecule has 0 saturated heterocycles. The van der Waals surface area contributed by atoms with E-state index in [-0.39, 0.29) is 6.03 Å². The van der Waals surface area contributed by atoms with E-state index in [9.17, 15) is 4.79 Å². The van der Waals surface area contributed by atoms with E-state index in [0.29, 0.717) is 25.6 Å². The molecule has 0 saturated carbocycles. The molecule has 7 heteroatoms. The summed E-state index contributed by atoms with van der Waals surface area (Å²) in [4.78, 5) is 16.4. The normalized spacial score (nSPS) is 10.6. The molecule has 0 aliphatic carbocycles. The first-order valence-electron chi connectivity index (χ1n) is 9.78. The van der Waals surface area contributed by atoms with Crippen LogP contribution in [-0.2, 0) is 13.1 Å². The van der Waals surface area contributed by atoms with Crippen molar-refractivity contribution in [2.24, 2.45) is 0 Å². The molecule has 3 aromatic rings. The molecule has 2 N–H and O–H groups in total. The molecule has 0 fully saturated rings. The van der Waals surface area contributed by atoms with Gasteiger partial charge in [-0.3, -0.25) is 0 Å². The number of aryl methyl sites for hydroxylation is 1. The topological polar surface area (TPSA) is 81.1 Å². The van der Waals surface area contributed by atoms with Gasteiger partial charge in [-0.15, -0.1) is 0 Å². The van der Waals surface area contributed by atoms with E-state index < -0.39 is 0 Å². The van der Waals surface area contributed by atoms with Crippen molar-refractivity contribution in [1.82, 2.24) is 25.4 Å². The minimum Gasteiger partial charge on any atom is -0.478 e. The number of benzene rings is 1. The average molecular weight is 393 g/mol. The van der Waals surface area contributed by atoms with Gasteiger partial charge in [0.25, 0.3) is 0 Å². The molecule has 0 spiro atoms. The summed E-state index contributed by atoms with van der Waals surface area (Å²) >= 11 is 0. The highest BCUT2D eigenvalue weighted by atomic mass is 16.5. The third-order valence-corrected chi connectivity index (χ3v) is 4.57. The number of amides is 2. The SMILES string of the molecule is CCCOc1ccc(CNC(=O)NCc2c(C)nn(-c3ccccc3)c2C)cn1. The number of hydrogen-bond donors (Lipinski definition) is 2. The summed E-state index contributed by atoms with van der Waals surface area (Å²) in [5.74, 6) is 0.599. The molecule has 7 nitrogen and oxygen atoms in total. The Morgan fingerprint density at radius 3 is 2.52 bits per heavy atom. The molecule has 2 heterocycles. The molecule has 29 heavy (non-hydrogen) atoms. The summed E-state index contributed by atoms with van der Waals surface area (Å²) in [5.41, 5.74) is 4.85. The van der Waals surface area contributed by atoms with Gasteiger partial charge in [0, 0.05) is 36.6 Å². The fourth-order valence-corrected chi connectivity index (χ4v) is 2.97. The van der Waals surface area contributed by atoms with E-state index in [4.69, 9.17) is 4.74 Å². The van der Waals surface area contributed by atoms with Crippen molar-refractivity contribution in [2.75, 3.05) is 6.61 Å². The second-order valence-electron chi connectivity index (χ2n) is 6.79. The number of aromatic nitrogens is 3. The van der Waals surface area contributed by atoms with Gasteiger partial charge in [-0.1, -0.05) is 31.2 Å². The maximum atomic E-state index is 12.2. The van der Waals surface area contributed by atoms with E-state index in [1.54, 1.807) is 6.20 Å². The molecular formula is C22H27N5O2. The molecule has 1 aromatic carbocycles. The quantitative estimate of drug-likeness (QED) is 0.612. The maximum Gasteiger partial charge on any atom is 0.315 e. The third kappa shape index (κ3) is 5.34. The van der Waals surface area contributed by atoms with Crippen LogP contribution in [0.3, 0.4) is 0 Å². The van der Waals surface area contributed by atoms with Crippen molar-refractivity contribution in [3.05, 3.63) is 71.2 Å². The van der Waals surface area contributed by atoms with Crippen LogP contribution in [-0.4, -0.2) is 27.4 Å². The lowest BCUT2D eigenvalue weighted by atomic mass is 10.2. The summed E-state index contributed by atoms with van der Waals surface area (Å²) in [6, 6.07) is 13.4. The molecule has 2 aromatic heterocycles. The molecule has 3 rings (SSSR count). The Hall–Kier alpha value is -3.35. The van der Waals surface area contributed by atoms with Crippen LogP contribution >= 0.6 is 0 Å². The zero-order valence-electron chi connectivity index (χ0n) is 17.1. The second kappa shape index (κ2) is 9.73. The Morgan fingerprint density at radius 1 is 1.07 bits per heavy atom. The fraction of sp³-hybridized carbons (Fsp3) is 0.318. The van der Waals surface area contributed by atoms with Gasteiger partial charge < -0.3 is 15.4 Å². The Bertz CT molecular complexity index is 936. The lowest BCUT2D eigenvalue weighted by Gasteiger charge is -2.09. The van der Waals surface area contributed by atoms with Gasteiger partial charge >= 0.3 is 6.03 Å². The smallest absolute Gasteiger partial charge is 0.315 e. The van der Waals surface area contributed by atoms with Crippen molar-refractivity contribution < 1.29 is 9.53 Å². The highest BCUT2D eigenvalue weighted by Crippen LogP contribution is 2.17. The largest absolute Gasteiger partial charge is 0.478 e. The monoisotopic (exact) mass is 393 g/mol. The number of carbonyl (C=O) groups excluding carboxylic acids is 1. The summed E-state index contributed by atoms with van der Waals surface area (Å²) in [6.07, 6.45) is 2.65. The van der Waals surface area contributed by atoms with Crippen LogP contribution in [0.4, 0.5) is 4.79 Å². The maximum absolute atomic E-state index is 12.2. The molecule has 0 unspecified atom stereocenters. The summed E-state index contributed by atoms with van der Waals surface area (Å²) < 4.78 is 7.36. The van der Waals surface area contributed by atoms with Crippen molar-refractivity contribution >= 4 is 6.03 Å². The molecule has 0 aliphatic heterocycles. The number of hydrogen-bond acceptors (Lipinski definition) is 4. The van der Waals surface area contributed by atoms with Crippen LogP contribution in [0.2, 0.25) is 0 Å². The van der Waals surface area contributed by atoms with Gasteiger partial charge in [-0.25, -0.2) is 14.5 Å². The van der Waals surface area contributed by atoms with Gasteiger partial charge in [0.05, 0.1) is 18.0 Å². The summed E-state index contributed by atoms with van der Waals surface area (Å²) in [7, 11) is 0. The number of ether oxygens (including phenoxy) is 1. The van der Waals surface area contributed by atoms with Gasteiger partial charge in [-0.05, 0) is 38.0 Å². The lowest BCUT2D eigenvalue weighted by molar-refractivity contribution is 0.240. The Balaban J connectivity index is 1.53. The number of urea groups is 1. The van der Waals surface area contributed by atoms with Gasteiger partial charge in [0.15, 0.2) is 0 Å². The van der Waals surface area contributed by atoms with Crippen molar-refractivity contribution in [3.8, 4) is 11.6 Å². The standard InChI is InChI=1S/C22H27N5O2/c1-4-12-29-21-11-10-18(13-23-21)14-24-22(28)25-15-20-16(2)26-27(17(20)3)19-8-6-5-7-9-19/h5-11,13H,4,12,14-15H2,1-3H3,(H2,24,25,28). The summed E-state index contributed by atoms with van der Waals surface area (Å²) in [6.45, 7) is 7.47. The van der Waals surface area contributed by atoms with Gasteiger partial charge in [-0.2, -0.15) is 5.10 Å². The minimum atomic E-state index is -0.234. The Labute approximate surface area is 171 Å². The Morgan fingerprint density at radius 2 is 1.83 bits per heavy atom. The van der Waals surface area contributed by atoms with E-state index >= 15 is 0 Å². The van der Waals surface area contributed by atoms with Crippen LogP contribution < -0.4 is 15.4 Å². The van der Waals surface area contributed by atoms with Gasteiger partial charge in [0.1, 0.15) is 0 Å². The van der Waals surface area contributed by atoms with Crippen molar-refractivity contribution in [1.29, 1.82) is 0 Å². The predicted molar refractivity (Wildman–Crippen MR) is 112 cm³/mol. The Kier molecular flexibility index (Phi) is 6.84. The number of nitrogens with one attached hydrogen (secondary N) is 2. The highest BCUT2D eigenvalue weighted by Gasteiger charge is 2.13. The zero-order chi connectivity index (χ0) is 20.6. The van der Waals surface area contributed by atoms with Gasteiger partial charge in [0.2, 0.25) is 5.88 Å². The molecule has 152 valence electrons. The molecule has 2 amide bonds. The van der Waals surface area contributed by atoms with E-state index in [1.165, 1.54) is 0 Å². The van der Waals surface area contributed by atoms with E-state index in [0.717, 1.165) is 34.6 Å². The van der Waals surface area contributed by atoms with Crippen LogP contribution in [0.25, 0.3) is 5.69 Å². The number of pyridine rings is 1. The molecule has 0 aliphatic rings. The molecule has 0 radical (unpaired) electrons. The predicted octanol–water partition coefficient (Wildman–Crippen LogP) is 3.67. The first-order chi connectivity index (χ1) is 14.1. The number of nitrogens with zero attached hydrogens (tertiary/aromatic N) is 3. The second-order valence-corrected chi connectivity index (χ2v) is 6.79. The lowest BCUT2D eigenvalue weighted by Crippen LogP contribution is -2.34. The van der Waals surface area contributed by atoms with Crippen LogP contribution in [0, 0.1) is 13.8 Å². The van der Waals surface area contributed by atoms with E-state index in [2.05, 4.69) is 20.7 Å². The van der Waals surface area contributed by atoms with Crippen LogP contribution in [0.1, 0.15) is 35.9 Å². The van der Waals surface area contributed by atoms with Crippen molar-refractivity contribution in [3.63, 3.8) is 0 Å². The average Bonchev–Trinajstić information content (AvgIpc) is 3.04. The first kappa shape index (κ1) is 20.4. The highest BCUT2D eigenvalue weighted by molar-refractivity contribution is 5.73. The number of rotatable bonds is 8. The van der Waals surface area contributed by atoms with E-state index in [1.807, 2.05) is 67.9 Å². The minimum absolute atomic E-state index is 0.234. The molecule has 0 atom stereocenters. The molecule has 0 bridgehead atoms. The van der Waals surface area contributed by atoms with Crippen LogP contribution in [0.15, 0.2) is 48.7 Å².